The number of rotatable bonds is 7. The Kier molecular flexibility index (Phi) is 7.54. The number of amides is 1. The molecule has 0 bridgehead atoms. The standard InChI is InChI=1S/C12H24N2O4/c1-12(2,3)18-11(17)14-8-10(16)5-4-9(13)6-7-15/h7,9-10,16H,4-6,8,13H2,1-3H3,(H,14,17). The van der Waals surface area contributed by atoms with Crippen LogP contribution in [-0.2, 0) is 9.53 Å². The third-order valence-electron chi connectivity index (χ3n) is 2.15. The van der Waals surface area contributed by atoms with Crippen LogP contribution in [0.5, 0.6) is 0 Å². The molecule has 0 heterocycles. The number of nitrogens with two attached hydrogens (primary N) is 1. The highest BCUT2D eigenvalue weighted by Crippen LogP contribution is 2.07. The summed E-state index contributed by atoms with van der Waals surface area (Å²) in [6.07, 6.45) is 0.775. The number of hydrogen-bond donors (Lipinski definition) is 3. The number of nitrogens with one attached hydrogen (secondary N) is 1. The van der Waals surface area contributed by atoms with Gasteiger partial charge in [-0.3, -0.25) is 0 Å². The van der Waals surface area contributed by atoms with Crippen LogP contribution in [0.15, 0.2) is 0 Å². The van der Waals surface area contributed by atoms with Crippen molar-refractivity contribution in [1.82, 2.24) is 5.32 Å². The Balaban J connectivity index is 3.73. The molecule has 0 saturated carbocycles. The Labute approximate surface area is 108 Å². The molecule has 0 aromatic rings. The van der Waals surface area contributed by atoms with Crippen molar-refractivity contribution >= 4 is 12.4 Å². The summed E-state index contributed by atoms with van der Waals surface area (Å²) in [5, 5.41) is 12.1. The number of hydrogen-bond acceptors (Lipinski definition) is 5. The Morgan fingerprint density at radius 2 is 2.06 bits per heavy atom. The van der Waals surface area contributed by atoms with Crippen LogP contribution in [0.1, 0.15) is 40.0 Å². The Bertz CT molecular complexity index is 263. The van der Waals surface area contributed by atoms with Crippen molar-refractivity contribution in [3.63, 3.8) is 0 Å². The van der Waals surface area contributed by atoms with Gasteiger partial charge in [-0.2, -0.15) is 0 Å². The normalized spacial score (nSPS) is 14.7. The molecule has 0 aliphatic rings. The first-order valence-corrected chi connectivity index (χ1v) is 6.08. The number of aliphatic hydroxyl groups excluding tert-OH is 1. The summed E-state index contributed by atoms with van der Waals surface area (Å²) < 4.78 is 5.02. The van der Waals surface area contributed by atoms with Crippen LogP contribution < -0.4 is 11.1 Å². The molecule has 106 valence electrons. The van der Waals surface area contributed by atoms with Crippen LogP contribution in [0.25, 0.3) is 0 Å². The Hall–Kier alpha value is -1.14. The van der Waals surface area contributed by atoms with Crippen LogP contribution in [0.4, 0.5) is 4.79 Å². The molecular formula is C12H24N2O4. The second-order valence-corrected chi connectivity index (χ2v) is 5.28. The summed E-state index contributed by atoms with van der Waals surface area (Å²) in [7, 11) is 0. The second kappa shape index (κ2) is 8.05. The summed E-state index contributed by atoms with van der Waals surface area (Å²) in [6, 6.07) is -0.237. The van der Waals surface area contributed by atoms with E-state index < -0.39 is 17.8 Å². The van der Waals surface area contributed by atoms with E-state index in [0.29, 0.717) is 12.8 Å². The third kappa shape index (κ3) is 10.0. The SMILES string of the molecule is CC(C)(C)OC(=O)NCC(O)CCC(N)CC=O. The lowest BCUT2D eigenvalue weighted by Gasteiger charge is -2.20. The van der Waals surface area contributed by atoms with Gasteiger partial charge in [-0.25, -0.2) is 4.79 Å². The number of aliphatic hydroxyl groups is 1. The summed E-state index contributed by atoms with van der Waals surface area (Å²) in [4.78, 5) is 21.5. The number of aldehydes is 1. The highest BCUT2D eigenvalue weighted by Gasteiger charge is 2.17. The molecule has 6 heteroatoms. The van der Waals surface area contributed by atoms with Crippen molar-refractivity contribution in [3.05, 3.63) is 0 Å². The molecule has 2 atom stereocenters. The molecule has 0 radical (unpaired) electrons. The first kappa shape index (κ1) is 16.9. The van der Waals surface area contributed by atoms with E-state index in [9.17, 15) is 14.7 Å². The number of ether oxygens (including phenoxy) is 1. The molecular weight excluding hydrogens is 236 g/mol. The largest absolute Gasteiger partial charge is 0.444 e. The molecule has 0 aliphatic heterocycles. The number of alkyl carbamates (subject to hydrolysis) is 1. The summed E-state index contributed by atoms with van der Waals surface area (Å²) >= 11 is 0. The minimum Gasteiger partial charge on any atom is -0.444 e. The smallest absolute Gasteiger partial charge is 0.407 e. The quantitative estimate of drug-likeness (QED) is 0.581. The minimum absolute atomic E-state index is 0.114. The van der Waals surface area contributed by atoms with E-state index in [4.69, 9.17) is 10.5 Å². The van der Waals surface area contributed by atoms with Crippen molar-refractivity contribution in [3.8, 4) is 0 Å². The molecule has 0 aliphatic carbocycles. The van der Waals surface area contributed by atoms with Crippen LogP contribution >= 0.6 is 0 Å². The van der Waals surface area contributed by atoms with Crippen molar-refractivity contribution in [2.75, 3.05) is 6.54 Å². The molecule has 0 saturated heterocycles. The van der Waals surface area contributed by atoms with Crippen molar-refractivity contribution in [2.45, 2.75) is 57.8 Å². The van der Waals surface area contributed by atoms with Crippen molar-refractivity contribution in [2.24, 2.45) is 5.73 Å². The first-order chi connectivity index (χ1) is 8.24. The maximum atomic E-state index is 11.3. The molecule has 1 amide bonds. The molecule has 18 heavy (non-hydrogen) atoms. The average molecular weight is 260 g/mol. The maximum Gasteiger partial charge on any atom is 0.407 e. The van der Waals surface area contributed by atoms with E-state index in [-0.39, 0.29) is 19.0 Å². The lowest BCUT2D eigenvalue weighted by molar-refractivity contribution is -0.108. The zero-order valence-corrected chi connectivity index (χ0v) is 11.3. The number of carbonyl (C=O) groups is 2. The zero-order valence-electron chi connectivity index (χ0n) is 11.3. The highest BCUT2D eigenvalue weighted by atomic mass is 16.6. The lowest BCUT2D eigenvalue weighted by atomic mass is 10.1. The van der Waals surface area contributed by atoms with Crippen LogP contribution in [0.3, 0.4) is 0 Å². The molecule has 0 aromatic carbocycles. The van der Waals surface area contributed by atoms with Gasteiger partial charge in [-0.05, 0) is 33.6 Å². The average Bonchev–Trinajstić information content (AvgIpc) is 2.21. The van der Waals surface area contributed by atoms with Crippen LogP contribution in [-0.4, -0.2) is 41.8 Å². The monoisotopic (exact) mass is 260 g/mol. The highest BCUT2D eigenvalue weighted by molar-refractivity contribution is 5.67. The van der Waals surface area contributed by atoms with Crippen molar-refractivity contribution in [1.29, 1.82) is 0 Å². The molecule has 0 spiro atoms. The third-order valence-corrected chi connectivity index (χ3v) is 2.15. The Morgan fingerprint density at radius 1 is 1.44 bits per heavy atom. The maximum absolute atomic E-state index is 11.3. The van der Waals surface area contributed by atoms with E-state index in [1.165, 1.54) is 0 Å². The van der Waals surface area contributed by atoms with Gasteiger partial charge >= 0.3 is 6.09 Å². The van der Waals surface area contributed by atoms with Gasteiger partial charge in [-0.15, -0.1) is 0 Å². The van der Waals surface area contributed by atoms with Gasteiger partial charge in [0.25, 0.3) is 0 Å². The lowest BCUT2D eigenvalue weighted by Crippen LogP contribution is -2.37. The van der Waals surface area contributed by atoms with Gasteiger partial charge < -0.3 is 25.7 Å². The second-order valence-electron chi connectivity index (χ2n) is 5.28. The minimum atomic E-state index is -0.685. The summed E-state index contributed by atoms with van der Waals surface area (Å²) in [5.74, 6) is 0. The molecule has 0 rings (SSSR count). The van der Waals surface area contributed by atoms with E-state index >= 15 is 0 Å². The van der Waals surface area contributed by atoms with Gasteiger partial charge in [0.05, 0.1) is 6.10 Å². The van der Waals surface area contributed by atoms with Gasteiger partial charge in [0.1, 0.15) is 11.9 Å². The van der Waals surface area contributed by atoms with E-state index in [1.807, 2.05) is 0 Å². The first-order valence-electron chi connectivity index (χ1n) is 6.08. The molecule has 2 unspecified atom stereocenters. The summed E-state index contributed by atoms with van der Waals surface area (Å²) in [6.45, 7) is 5.41. The molecule has 0 aromatic heterocycles. The van der Waals surface area contributed by atoms with E-state index in [2.05, 4.69) is 5.32 Å². The molecule has 4 N–H and O–H groups in total. The van der Waals surface area contributed by atoms with Crippen LogP contribution in [0, 0.1) is 0 Å². The Morgan fingerprint density at radius 3 is 2.56 bits per heavy atom. The predicted octanol–water partition coefficient (Wildman–Crippen LogP) is 0.569. The van der Waals surface area contributed by atoms with Gasteiger partial charge in [0.2, 0.25) is 0 Å². The van der Waals surface area contributed by atoms with Gasteiger partial charge in [0.15, 0.2) is 0 Å². The number of carbonyl (C=O) groups excluding carboxylic acids is 2. The fourth-order valence-electron chi connectivity index (χ4n) is 1.27. The molecule has 6 nitrogen and oxygen atoms in total. The van der Waals surface area contributed by atoms with Gasteiger partial charge in [0, 0.05) is 19.0 Å². The van der Waals surface area contributed by atoms with E-state index in [0.717, 1.165) is 6.29 Å². The van der Waals surface area contributed by atoms with Crippen molar-refractivity contribution < 1.29 is 19.4 Å². The topological polar surface area (TPSA) is 102 Å². The molecule has 0 fully saturated rings. The van der Waals surface area contributed by atoms with Crippen LogP contribution in [0.2, 0.25) is 0 Å². The zero-order chi connectivity index (χ0) is 14.2. The van der Waals surface area contributed by atoms with E-state index in [1.54, 1.807) is 20.8 Å². The van der Waals surface area contributed by atoms with Gasteiger partial charge in [-0.1, -0.05) is 0 Å². The predicted molar refractivity (Wildman–Crippen MR) is 68.1 cm³/mol. The summed E-state index contributed by atoms with van der Waals surface area (Å²) in [5.41, 5.74) is 5.06. The fraction of sp³-hybridized carbons (Fsp3) is 0.833. The fourth-order valence-corrected chi connectivity index (χ4v) is 1.27.